The van der Waals surface area contributed by atoms with Gasteiger partial charge in [-0.2, -0.15) is 0 Å². The molecule has 1 heterocycles. The average molecular weight is 114 g/mol. The second-order valence-electron chi connectivity index (χ2n) is 1.95. The Bertz CT molecular complexity index is 113. The van der Waals surface area contributed by atoms with Crippen molar-refractivity contribution in [3.63, 3.8) is 0 Å². The largest absolute Gasteiger partial charge is 0.626 e. The predicted molar refractivity (Wildman–Crippen MR) is 31.3 cm³/mol. The molecule has 0 saturated carbocycles. The molecule has 0 aromatic heterocycles. The number of nitrogens with zero attached hydrogens (tertiary/aromatic N) is 1. The van der Waals surface area contributed by atoms with Crippen LogP contribution in [0.1, 0.15) is 6.92 Å². The minimum absolute atomic E-state index is 0.222. The molecule has 0 radical (unpaired) electrons. The second-order valence-corrected chi connectivity index (χ2v) is 1.95. The summed E-state index contributed by atoms with van der Waals surface area (Å²) in [5.74, 6) is 0. The molecule has 1 unspecified atom stereocenters. The molecule has 1 atom stereocenters. The number of hydroxylamine groups is 3. The van der Waals surface area contributed by atoms with Crippen LogP contribution in [0, 0.1) is 5.21 Å². The number of hydrogen-bond acceptors (Lipinski definition) is 2. The molecule has 1 aliphatic rings. The molecule has 0 aromatic rings. The van der Waals surface area contributed by atoms with Gasteiger partial charge in [-0.25, -0.2) is 0 Å². The first-order valence-corrected chi connectivity index (χ1v) is 2.76. The SMILES string of the molecule is CC[N+]1([O-])C=CNC1. The lowest BCUT2D eigenvalue weighted by Gasteiger charge is -2.33. The minimum atomic E-state index is -0.222. The standard InChI is InChI=1S/C5H10N2O/c1-2-7(8)4-3-6-5-7/h3-4,6H,2,5H2,1H3. The fourth-order valence-electron chi connectivity index (χ4n) is 0.666. The smallest absolute Gasteiger partial charge is 0.155 e. The summed E-state index contributed by atoms with van der Waals surface area (Å²) in [4.78, 5) is 0. The molecule has 0 aliphatic carbocycles. The first-order chi connectivity index (χ1) is 3.77. The monoisotopic (exact) mass is 114 g/mol. The maximum Gasteiger partial charge on any atom is 0.155 e. The van der Waals surface area contributed by atoms with Crippen LogP contribution >= 0.6 is 0 Å². The number of nitrogens with one attached hydrogen (secondary N) is 1. The summed E-state index contributed by atoms with van der Waals surface area (Å²) in [6.07, 6.45) is 3.33. The van der Waals surface area contributed by atoms with E-state index in [1.54, 1.807) is 12.4 Å². The van der Waals surface area contributed by atoms with E-state index in [0.717, 1.165) is 0 Å². The molecule has 1 N–H and O–H groups in total. The molecule has 46 valence electrons. The molecule has 8 heavy (non-hydrogen) atoms. The van der Waals surface area contributed by atoms with Gasteiger partial charge in [0.05, 0.1) is 12.7 Å². The zero-order valence-electron chi connectivity index (χ0n) is 4.92. The molecular weight excluding hydrogens is 104 g/mol. The molecule has 3 heteroatoms. The fraction of sp³-hybridized carbons (Fsp3) is 0.600. The number of hydrogen-bond donors (Lipinski definition) is 1. The van der Waals surface area contributed by atoms with E-state index in [1.807, 2.05) is 6.92 Å². The van der Waals surface area contributed by atoms with Crippen molar-refractivity contribution in [2.75, 3.05) is 13.2 Å². The Morgan fingerprint density at radius 2 is 2.62 bits per heavy atom. The predicted octanol–water partition coefficient (Wildman–Crippen LogP) is 0.353. The molecule has 3 nitrogen and oxygen atoms in total. The van der Waals surface area contributed by atoms with Crippen molar-refractivity contribution in [2.45, 2.75) is 6.92 Å². The highest BCUT2D eigenvalue weighted by Gasteiger charge is 2.12. The van der Waals surface area contributed by atoms with Gasteiger partial charge in [-0.15, -0.1) is 0 Å². The fourth-order valence-corrected chi connectivity index (χ4v) is 0.666. The summed E-state index contributed by atoms with van der Waals surface area (Å²) in [6.45, 7) is 2.99. The average Bonchev–Trinajstić information content (AvgIpc) is 2.17. The van der Waals surface area contributed by atoms with Crippen LogP contribution in [0.25, 0.3) is 0 Å². The Hall–Kier alpha value is -0.540. The Morgan fingerprint density at radius 1 is 1.88 bits per heavy atom. The van der Waals surface area contributed by atoms with E-state index in [1.165, 1.54) is 0 Å². The Labute approximate surface area is 48.8 Å². The highest BCUT2D eigenvalue weighted by Crippen LogP contribution is 2.06. The van der Waals surface area contributed by atoms with Gasteiger partial charge in [-0.05, 0) is 6.92 Å². The van der Waals surface area contributed by atoms with Crippen LogP contribution in [0.3, 0.4) is 0 Å². The van der Waals surface area contributed by atoms with E-state index in [0.29, 0.717) is 13.2 Å². The summed E-state index contributed by atoms with van der Waals surface area (Å²) < 4.78 is -0.222. The van der Waals surface area contributed by atoms with Crippen LogP contribution in [0.4, 0.5) is 0 Å². The van der Waals surface area contributed by atoms with Gasteiger partial charge in [0.25, 0.3) is 0 Å². The Balaban J connectivity index is 2.54. The van der Waals surface area contributed by atoms with Crippen LogP contribution in [-0.2, 0) is 0 Å². The molecule has 0 fully saturated rings. The van der Waals surface area contributed by atoms with Crippen molar-refractivity contribution < 1.29 is 4.65 Å². The van der Waals surface area contributed by atoms with Gasteiger partial charge in [0.15, 0.2) is 6.67 Å². The van der Waals surface area contributed by atoms with E-state index >= 15 is 0 Å². The molecule has 1 rings (SSSR count). The summed E-state index contributed by atoms with van der Waals surface area (Å²) in [6, 6.07) is 0. The van der Waals surface area contributed by atoms with Crippen LogP contribution in [0.2, 0.25) is 0 Å². The van der Waals surface area contributed by atoms with Crippen LogP contribution in [-0.4, -0.2) is 17.9 Å². The maximum absolute atomic E-state index is 11.1. The quantitative estimate of drug-likeness (QED) is 0.394. The van der Waals surface area contributed by atoms with Gasteiger partial charge >= 0.3 is 0 Å². The van der Waals surface area contributed by atoms with Gasteiger partial charge in [0.1, 0.15) is 6.20 Å². The first-order valence-electron chi connectivity index (χ1n) is 2.76. The van der Waals surface area contributed by atoms with Crippen molar-refractivity contribution >= 4 is 0 Å². The Morgan fingerprint density at radius 3 is 2.88 bits per heavy atom. The maximum atomic E-state index is 11.1. The van der Waals surface area contributed by atoms with E-state index in [2.05, 4.69) is 5.32 Å². The van der Waals surface area contributed by atoms with Gasteiger partial charge in [-0.1, -0.05) is 0 Å². The molecule has 0 spiro atoms. The van der Waals surface area contributed by atoms with Crippen molar-refractivity contribution in [3.05, 3.63) is 17.6 Å². The van der Waals surface area contributed by atoms with Crippen LogP contribution in [0.15, 0.2) is 12.4 Å². The van der Waals surface area contributed by atoms with Crippen molar-refractivity contribution in [1.29, 1.82) is 0 Å². The highest BCUT2D eigenvalue weighted by atomic mass is 16.5. The van der Waals surface area contributed by atoms with Crippen molar-refractivity contribution in [2.24, 2.45) is 0 Å². The topological polar surface area (TPSA) is 35.1 Å². The summed E-state index contributed by atoms with van der Waals surface area (Å²) in [5.41, 5.74) is 0. The third-order valence-corrected chi connectivity index (χ3v) is 1.36. The van der Waals surface area contributed by atoms with E-state index in [-0.39, 0.29) is 4.65 Å². The third kappa shape index (κ3) is 0.827. The van der Waals surface area contributed by atoms with Crippen LogP contribution in [0.5, 0.6) is 0 Å². The van der Waals surface area contributed by atoms with E-state index in [4.69, 9.17) is 0 Å². The van der Waals surface area contributed by atoms with Crippen molar-refractivity contribution in [3.8, 4) is 0 Å². The number of rotatable bonds is 1. The minimum Gasteiger partial charge on any atom is -0.626 e. The Kier molecular flexibility index (Phi) is 1.23. The normalized spacial score (nSPS) is 35.2. The lowest BCUT2D eigenvalue weighted by molar-refractivity contribution is -0.823. The number of quaternary nitrogens is 1. The van der Waals surface area contributed by atoms with Gasteiger partial charge < -0.3 is 15.2 Å². The van der Waals surface area contributed by atoms with Gasteiger partial charge in [0.2, 0.25) is 0 Å². The molecule has 1 aliphatic heterocycles. The third-order valence-electron chi connectivity index (χ3n) is 1.36. The summed E-state index contributed by atoms with van der Waals surface area (Å²) in [7, 11) is 0. The van der Waals surface area contributed by atoms with E-state index in [9.17, 15) is 5.21 Å². The molecule has 0 bridgehead atoms. The molecular formula is C5H10N2O. The zero-order valence-corrected chi connectivity index (χ0v) is 4.92. The second kappa shape index (κ2) is 1.76. The van der Waals surface area contributed by atoms with Gasteiger partial charge in [-0.3, -0.25) is 0 Å². The lowest BCUT2D eigenvalue weighted by Crippen LogP contribution is -2.37. The van der Waals surface area contributed by atoms with Crippen molar-refractivity contribution in [1.82, 2.24) is 5.32 Å². The summed E-state index contributed by atoms with van der Waals surface area (Å²) >= 11 is 0. The molecule has 0 saturated heterocycles. The van der Waals surface area contributed by atoms with E-state index < -0.39 is 0 Å². The zero-order chi connectivity index (χ0) is 6.04. The van der Waals surface area contributed by atoms with Gasteiger partial charge in [0, 0.05) is 0 Å². The summed E-state index contributed by atoms with van der Waals surface area (Å²) in [5, 5.41) is 13.9. The highest BCUT2D eigenvalue weighted by molar-refractivity contribution is 4.77. The lowest BCUT2D eigenvalue weighted by atomic mass is 10.6. The van der Waals surface area contributed by atoms with Crippen LogP contribution < -0.4 is 5.32 Å². The molecule has 0 amide bonds. The molecule has 0 aromatic carbocycles. The first kappa shape index (κ1) is 5.59.